The minimum atomic E-state index is -0.758. The zero-order valence-electron chi connectivity index (χ0n) is 7.92. The molecule has 12 heavy (non-hydrogen) atoms. The first-order valence-corrected chi connectivity index (χ1v) is 4.39. The zero-order valence-corrected chi connectivity index (χ0v) is 7.92. The Labute approximate surface area is 73.3 Å². The smallest absolute Gasteiger partial charge is 0.331 e. The maximum atomic E-state index is 10.8. The van der Waals surface area contributed by atoms with Gasteiger partial charge in [-0.1, -0.05) is 26.8 Å². The molecule has 0 radical (unpaired) electrons. The Balaban J connectivity index is 2.96. The topological polar surface area (TPSA) is 37.3 Å². The summed E-state index contributed by atoms with van der Waals surface area (Å²) < 4.78 is 0. The van der Waals surface area contributed by atoms with Gasteiger partial charge in [-0.2, -0.15) is 0 Å². The van der Waals surface area contributed by atoms with Crippen LogP contribution in [0.2, 0.25) is 0 Å². The maximum absolute atomic E-state index is 10.8. The molecule has 0 saturated carbocycles. The molecule has 1 aliphatic rings. The lowest BCUT2D eigenvalue weighted by molar-refractivity contribution is -0.134. The number of rotatable bonds is 1. The van der Waals surface area contributed by atoms with Crippen molar-refractivity contribution in [3.63, 3.8) is 0 Å². The van der Waals surface area contributed by atoms with E-state index in [0.29, 0.717) is 11.5 Å². The van der Waals surface area contributed by atoms with Gasteiger partial charge in [-0.25, -0.2) is 4.79 Å². The maximum Gasteiger partial charge on any atom is 0.331 e. The first-order chi connectivity index (χ1) is 5.43. The molecule has 1 rings (SSSR count). The summed E-state index contributed by atoms with van der Waals surface area (Å²) in [5.41, 5.74) is 0.444. The molecule has 2 heteroatoms. The second kappa shape index (κ2) is 2.92. The number of hydrogen-bond donors (Lipinski definition) is 1. The summed E-state index contributed by atoms with van der Waals surface area (Å²) in [4.78, 5) is 10.8. The van der Waals surface area contributed by atoms with Crippen molar-refractivity contribution in [2.75, 3.05) is 0 Å². The summed E-state index contributed by atoms with van der Waals surface area (Å²) in [7, 11) is 0. The third-order valence-corrected chi connectivity index (χ3v) is 2.64. The van der Waals surface area contributed by atoms with Crippen molar-refractivity contribution in [2.45, 2.75) is 33.6 Å². The van der Waals surface area contributed by atoms with Gasteiger partial charge >= 0.3 is 5.97 Å². The van der Waals surface area contributed by atoms with Crippen LogP contribution < -0.4 is 0 Å². The summed E-state index contributed by atoms with van der Waals surface area (Å²) in [6.07, 6.45) is 3.97. The SMILES string of the molecule is CC1C=C(C(=O)O)C(C)(C)CC1. The van der Waals surface area contributed by atoms with Crippen LogP contribution in [0.5, 0.6) is 0 Å². The quantitative estimate of drug-likeness (QED) is 0.653. The minimum Gasteiger partial charge on any atom is -0.478 e. The van der Waals surface area contributed by atoms with E-state index in [9.17, 15) is 4.79 Å². The van der Waals surface area contributed by atoms with E-state index in [2.05, 4.69) is 6.92 Å². The molecule has 0 saturated heterocycles. The zero-order chi connectivity index (χ0) is 9.35. The molecule has 1 atom stereocenters. The molecular formula is C10H16O2. The molecule has 0 fully saturated rings. The van der Waals surface area contributed by atoms with Gasteiger partial charge < -0.3 is 5.11 Å². The van der Waals surface area contributed by atoms with Crippen LogP contribution in [0.25, 0.3) is 0 Å². The minimum absolute atomic E-state index is 0.141. The van der Waals surface area contributed by atoms with E-state index in [4.69, 9.17) is 5.11 Å². The van der Waals surface area contributed by atoms with E-state index in [1.54, 1.807) is 0 Å². The first kappa shape index (κ1) is 9.30. The van der Waals surface area contributed by atoms with Crippen molar-refractivity contribution >= 4 is 5.97 Å². The highest BCUT2D eigenvalue weighted by molar-refractivity contribution is 5.88. The lowest BCUT2D eigenvalue weighted by Crippen LogP contribution is -2.26. The van der Waals surface area contributed by atoms with Gasteiger partial charge in [0.25, 0.3) is 0 Å². The summed E-state index contributed by atoms with van der Waals surface area (Å²) in [6, 6.07) is 0. The first-order valence-electron chi connectivity index (χ1n) is 4.39. The van der Waals surface area contributed by atoms with Crippen LogP contribution in [0.4, 0.5) is 0 Å². The van der Waals surface area contributed by atoms with Crippen LogP contribution >= 0.6 is 0 Å². The molecule has 0 bridgehead atoms. The van der Waals surface area contributed by atoms with E-state index in [1.807, 2.05) is 19.9 Å². The number of carboxylic acids is 1. The lowest BCUT2D eigenvalue weighted by Gasteiger charge is -2.31. The molecule has 2 nitrogen and oxygen atoms in total. The Morgan fingerprint density at radius 3 is 2.67 bits per heavy atom. The van der Waals surface area contributed by atoms with Gasteiger partial charge in [-0.3, -0.25) is 0 Å². The Bertz CT molecular complexity index is 226. The number of carboxylic acid groups (broad SMARTS) is 1. The fourth-order valence-corrected chi connectivity index (χ4v) is 1.68. The summed E-state index contributed by atoms with van der Waals surface area (Å²) in [5.74, 6) is -0.337. The molecule has 68 valence electrons. The van der Waals surface area contributed by atoms with Gasteiger partial charge in [0.2, 0.25) is 0 Å². The highest BCUT2D eigenvalue weighted by Gasteiger charge is 2.32. The number of hydrogen-bond acceptors (Lipinski definition) is 1. The van der Waals surface area contributed by atoms with Crippen molar-refractivity contribution in [3.05, 3.63) is 11.6 Å². The van der Waals surface area contributed by atoms with Crippen molar-refractivity contribution in [2.24, 2.45) is 11.3 Å². The molecule has 1 unspecified atom stereocenters. The normalized spacial score (nSPS) is 27.9. The largest absolute Gasteiger partial charge is 0.478 e. The molecule has 0 aromatic rings. The van der Waals surface area contributed by atoms with Gasteiger partial charge in [0.15, 0.2) is 0 Å². The monoisotopic (exact) mass is 168 g/mol. The number of carbonyl (C=O) groups is 1. The predicted molar refractivity (Wildman–Crippen MR) is 47.9 cm³/mol. The van der Waals surface area contributed by atoms with Crippen LogP contribution in [0.1, 0.15) is 33.6 Å². The molecule has 1 aliphatic carbocycles. The second-order valence-electron chi connectivity index (χ2n) is 4.29. The van der Waals surface area contributed by atoms with E-state index >= 15 is 0 Å². The van der Waals surface area contributed by atoms with Gasteiger partial charge in [0, 0.05) is 5.57 Å². The van der Waals surface area contributed by atoms with Gasteiger partial charge in [-0.05, 0) is 24.2 Å². The van der Waals surface area contributed by atoms with Crippen LogP contribution in [0.3, 0.4) is 0 Å². The van der Waals surface area contributed by atoms with Crippen molar-refractivity contribution in [3.8, 4) is 0 Å². The third kappa shape index (κ3) is 1.68. The Kier molecular flexibility index (Phi) is 2.27. The van der Waals surface area contributed by atoms with Gasteiger partial charge in [0.1, 0.15) is 0 Å². The van der Waals surface area contributed by atoms with Crippen LogP contribution in [-0.4, -0.2) is 11.1 Å². The second-order valence-corrected chi connectivity index (χ2v) is 4.29. The van der Waals surface area contributed by atoms with Crippen LogP contribution in [0, 0.1) is 11.3 Å². The lowest BCUT2D eigenvalue weighted by atomic mass is 9.73. The molecule has 0 spiro atoms. The average molecular weight is 168 g/mol. The van der Waals surface area contributed by atoms with E-state index in [-0.39, 0.29) is 5.41 Å². The van der Waals surface area contributed by atoms with Crippen molar-refractivity contribution in [1.29, 1.82) is 0 Å². The predicted octanol–water partition coefficient (Wildman–Crippen LogP) is 2.45. The molecular weight excluding hydrogens is 152 g/mol. The van der Waals surface area contributed by atoms with Gasteiger partial charge in [0.05, 0.1) is 0 Å². The average Bonchev–Trinajstić information content (AvgIpc) is 1.94. The summed E-state index contributed by atoms with van der Waals surface area (Å²) >= 11 is 0. The summed E-state index contributed by atoms with van der Waals surface area (Å²) in [5, 5.41) is 8.92. The standard InChI is InChI=1S/C10H16O2/c1-7-4-5-10(2,3)8(6-7)9(11)12/h6-7H,4-5H2,1-3H3,(H,11,12). The molecule has 1 N–H and O–H groups in total. The van der Waals surface area contributed by atoms with E-state index in [0.717, 1.165) is 12.8 Å². The number of aliphatic carboxylic acids is 1. The summed E-state index contributed by atoms with van der Waals surface area (Å²) in [6.45, 7) is 6.07. The van der Waals surface area contributed by atoms with E-state index in [1.165, 1.54) is 0 Å². The Morgan fingerprint density at radius 1 is 1.67 bits per heavy atom. The van der Waals surface area contributed by atoms with E-state index < -0.39 is 5.97 Å². The molecule has 0 aliphatic heterocycles. The Morgan fingerprint density at radius 2 is 2.25 bits per heavy atom. The fourth-order valence-electron chi connectivity index (χ4n) is 1.68. The highest BCUT2D eigenvalue weighted by Crippen LogP contribution is 2.38. The molecule has 0 heterocycles. The molecule has 0 amide bonds. The van der Waals surface area contributed by atoms with Crippen molar-refractivity contribution < 1.29 is 9.90 Å². The van der Waals surface area contributed by atoms with Gasteiger partial charge in [-0.15, -0.1) is 0 Å². The van der Waals surface area contributed by atoms with Crippen LogP contribution in [0.15, 0.2) is 11.6 Å². The highest BCUT2D eigenvalue weighted by atomic mass is 16.4. The third-order valence-electron chi connectivity index (χ3n) is 2.64. The molecule has 0 aromatic carbocycles. The Hall–Kier alpha value is -0.790. The fraction of sp³-hybridized carbons (Fsp3) is 0.700. The number of allylic oxidation sites excluding steroid dienone is 1. The molecule has 0 aromatic heterocycles. The van der Waals surface area contributed by atoms with Crippen molar-refractivity contribution in [1.82, 2.24) is 0 Å². The van der Waals surface area contributed by atoms with Crippen LogP contribution in [-0.2, 0) is 4.79 Å².